The van der Waals surface area contributed by atoms with E-state index in [2.05, 4.69) is 15.5 Å². The van der Waals surface area contributed by atoms with E-state index >= 15 is 0 Å². The van der Waals surface area contributed by atoms with Crippen LogP contribution in [0.1, 0.15) is 18.3 Å². The number of aromatic nitrogens is 2. The van der Waals surface area contributed by atoms with Crippen LogP contribution in [0.4, 0.5) is 17.6 Å². The van der Waals surface area contributed by atoms with E-state index in [-0.39, 0.29) is 22.8 Å². The summed E-state index contributed by atoms with van der Waals surface area (Å²) >= 11 is 0. The SMILES string of the molecule is CCNCc1n[nH]c(C)c1S(=O)(=O)NCC(F)(F)C(F)F. The van der Waals surface area contributed by atoms with Crippen molar-refractivity contribution in [1.29, 1.82) is 0 Å². The minimum atomic E-state index is -4.44. The smallest absolute Gasteiger partial charge is 0.311 e. The summed E-state index contributed by atoms with van der Waals surface area (Å²) in [5.41, 5.74) is 0.234. The van der Waals surface area contributed by atoms with Crippen molar-refractivity contribution in [1.82, 2.24) is 20.2 Å². The highest BCUT2D eigenvalue weighted by Crippen LogP contribution is 2.23. The van der Waals surface area contributed by atoms with E-state index in [0.717, 1.165) is 0 Å². The van der Waals surface area contributed by atoms with Crippen LogP contribution in [0.25, 0.3) is 0 Å². The zero-order valence-electron chi connectivity index (χ0n) is 11.4. The van der Waals surface area contributed by atoms with Gasteiger partial charge in [0.25, 0.3) is 0 Å². The van der Waals surface area contributed by atoms with Gasteiger partial charge < -0.3 is 5.32 Å². The van der Waals surface area contributed by atoms with Crippen LogP contribution in [0, 0.1) is 6.92 Å². The van der Waals surface area contributed by atoms with Crippen LogP contribution in [-0.4, -0.2) is 44.1 Å². The molecule has 0 bridgehead atoms. The molecule has 0 aliphatic heterocycles. The summed E-state index contributed by atoms with van der Waals surface area (Å²) in [4.78, 5) is -0.312. The van der Waals surface area contributed by atoms with Gasteiger partial charge in [-0.1, -0.05) is 6.92 Å². The molecule has 1 heterocycles. The van der Waals surface area contributed by atoms with Crippen LogP contribution in [0.2, 0.25) is 0 Å². The van der Waals surface area contributed by atoms with E-state index in [9.17, 15) is 26.0 Å². The maximum atomic E-state index is 12.8. The lowest BCUT2D eigenvalue weighted by molar-refractivity contribution is -0.122. The van der Waals surface area contributed by atoms with Crippen molar-refractivity contribution in [3.8, 4) is 0 Å². The Bertz CT molecular complexity index is 574. The molecule has 3 N–H and O–H groups in total. The molecule has 122 valence electrons. The molecule has 0 atom stereocenters. The lowest BCUT2D eigenvalue weighted by Gasteiger charge is -2.16. The third-order valence-corrected chi connectivity index (χ3v) is 4.19. The van der Waals surface area contributed by atoms with Gasteiger partial charge in [-0.25, -0.2) is 21.9 Å². The van der Waals surface area contributed by atoms with Crippen LogP contribution < -0.4 is 10.0 Å². The Labute approximate surface area is 119 Å². The molecule has 0 aromatic carbocycles. The Morgan fingerprint density at radius 1 is 1.38 bits per heavy atom. The molecule has 0 saturated heterocycles. The largest absolute Gasteiger partial charge is 0.320 e. The maximum Gasteiger partial charge on any atom is 0.320 e. The number of nitrogens with one attached hydrogen (secondary N) is 3. The monoisotopic (exact) mass is 332 g/mol. The summed E-state index contributed by atoms with van der Waals surface area (Å²) in [6, 6.07) is 0. The molecule has 0 saturated carbocycles. The zero-order chi connectivity index (χ0) is 16.3. The van der Waals surface area contributed by atoms with E-state index in [1.165, 1.54) is 11.6 Å². The molecule has 0 spiro atoms. The number of alkyl halides is 4. The first-order chi connectivity index (χ1) is 9.62. The van der Waals surface area contributed by atoms with E-state index in [1.54, 1.807) is 6.92 Å². The lowest BCUT2D eigenvalue weighted by Crippen LogP contribution is -2.41. The molecule has 0 radical (unpaired) electrons. The number of halogens is 4. The molecule has 6 nitrogen and oxygen atoms in total. The summed E-state index contributed by atoms with van der Waals surface area (Å²) in [7, 11) is -4.37. The fourth-order valence-corrected chi connectivity index (χ4v) is 2.93. The third kappa shape index (κ3) is 4.38. The minimum Gasteiger partial charge on any atom is -0.311 e. The standard InChI is InChI=1S/C10H16F4N4O2S/c1-3-15-4-7-8(6(2)17-18-7)21(19,20)16-5-10(13,14)9(11)12/h9,15-16H,3-5H2,1-2H3,(H,17,18). The number of H-pyrrole nitrogens is 1. The Hall–Kier alpha value is -1.20. The van der Waals surface area contributed by atoms with E-state index in [1.807, 2.05) is 0 Å². The summed E-state index contributed by atoms with van der Waals surface area (Å²) < 4.78 is 75.2. The molecule has 0 amide bonds. The summed E-state index contributed by atoms with van der Waals surface area (Å²) in [5, 5.41) is 9.02. The van der Waals surface area contributed by atoms with Gasteiger partial charge in [0, 0.05) is 6.54 Å². The second-order valence-electron chi connectivity index (χ2n) is 4.29. The third-order valence-electron chi connectivity index (χ3n) is 2.59. The molecular weight excluding hydrogens is 316 g/mol. The van der Waals surface area contributed by atoms with E-state index in [4.69, 9.17) is 0 Å². The first-order valence-electron chi connectivity index (χ1n) is 6.02. The van der Waals surface area contributed by atoms with Gasteiger partial charge in [-0.3, -0.25) is 5.10 Å². The normalized spacial score (nSPS) is 13.1. The molecule has 21 heavy (non-hydrogen) atoms. The molecular formula is C10H16F4N4O2S. The molecule has 1 rings (SSSR count). The Morgan fingerprint density at radius 3 is 2.52 bits per heavy atom. The average Bonchev–Trinajstić information content (AvgIpc) is 2.76. The van der Waals surface area contributed by atoms with Gasteiger partial charge in [0.15, 0.2) is 0 Å². The number of sulfonamides is 1. The second kappa shape index (κ2) is 6.71. The molecule has 0 unspecified atom stereocenters. The van der Waals surface area contributed by atoms with Crippen LogP contribution in [0.3, 0.4) is 0 Å². The Kier molecular flexibility index (Phi) is 5.70. The molecule has 0 fully saturated rings. The van der Waals surface area contributed by atoms with Gasteiger partial charge in [-0.2, -0.15) is 13.9 Å². The number of aryl methyl sites for hydroxylation is 1. The molecule has 1 aromatic rings. The molecule has 0 aliphatic carbocycles. The highest BCUT2D eigenvalue weighted by atomic mass is 32.2. The fraction of sp³-hybridized carbons (Fsp3) is 0.700. The highest BCUT2D eigenvalue weighted by molar-refractivity contribution is 7.89. The topological polar surface area (TPSA) is 86.9 Å². The number of rotatable bonds is 8. The van der Waals surface area contributed by atoms with Gasteiger partial charge in [-0.05, 0) is 13.5 Å². The average molecular weight is 332 g/mol. The van der Waals surface area contributed by atoms with Crippen molar-refractivity contribution >= 4 is 10.0 Å². The molecule has 1 aromatic heterocycles. The highest BCUT2D eigenvalue weighted by Gasteiger charge is 2.42. The number of aromatic amines is 1. The second-order valence-corrected chi connectivity index (χ2v) is 5.99. The van der Waals surface area contributed by atoms with Crippen molar-refractivity contribution in [2.75, 3.05) is 13.1 Å². The minimum absolute atomic E-state index is 0.0993. The predicted octanol–water partition coefficient (Wildman–Crippen LogP) is 1.01. The van der Waals surface area contributed by atoms with Gasteiger partial charge in [0.1, 0.15) is 4.90 Å². The number of nitrogens with zero attached hydrogens (tertiary/aromatic N) is 1. The summed E-state index contributed by atoms with van der Waals surface area (Å²) in [6.07, 6.45) is -3.95. The number of hydrogen-bond acceptors (Lipinski definition) is 4. The van der Waals surface area contributed by atoms with Crippen LogP contribution in [-0.2, 0) is 16.6 Å². The molecule has 0 aliphatic rings. The summed E-state index contributed by atoms with van der Waals surface area (Å²) in [5.74, 6) is -4.44. The van der Waals surface area contributed by atoms with Gasteiger partial charge in [0.05, 0.1) is 17.9 Å². The molecule has 11 heteroatoms. The van der Waals surface area contributed by atoms with Crippen molar-refractivity contribution < 1.29 is 26.0 Å². The Balaban J connectivity index is 2.95. The van der Waals surface area contributed by atoms with Crippen molar-refractivity contribution in [3.05, 3.63) is 11.4 Å². The first kappa shape index (κ1) is 17.9. The van der Waals surface area contributed by atoms with Crippen molar-refractivity contribution in [2.24, 2.45) is 0 Å². The van der Waals surface area contributed by atoms with Gasteiger partial charge in [-0.15, -0.1) is 0 Å². The first-order valence-corrected chi connectivity index (χ1v) is 7.50. The van der Waals surface area contributed by atoms with Gasteiger partial charge >= 0.3 is 12.3 Å². The van der Waals surface area contributed by atoms with E-state index in [0.29, 0.717) is 6.54 Å². The maximum absolute atomic E-state index is 12.8. The quantitative estimate of drug-likeness (QED) is 0.620. The van der Waals surface area contributed by atoms with E-state index < -0.39 is 28.9 Å². The predicted molar refractivity (Wildman–Crippen MR) is 66.8 cm³/mol. The van der Waals surface area contributed by atoms with Crippen LogP contribution in [0.5, 0.6) is 0 Å². The fourth-order valence-electron chi connectivity index (χ4n) is 1.53. The van der Waals surface area contributed by atoms with Crippen LogP contribution >= 0.6 is 0 Å². The van der Waals surface area contributed by atoms with Crippen LogP contribution in [0.15, 0.2) is 4.90 Å². The Morgan fingerprint density at radius 2 is 2.00 bits per heavy atom. The zero-order valence-corrected chi connectivity index (χ0v) is 12.2. The van der Waals surface area contributed by atoms with Gasteiger partial charge in [0.2, 0.25) is 10.0 Å². The van der Waals surface area contributed by atoms with Crippen molar-refractivity contribution in [2.45, 2.75) is 37.6 Å². The number of hydrogen-bond donors (Lipinski definition) is 3. The lowest BCUT2D eigenvalue weighted by atomic mass is 10.3. The summed E-state index contributed by atoms with van der Waals surface area (Å²) in [6.45, 7) is 2.14. The van der Waals surface area contributed by atoms with Crippen molar-refractivity contribution in [3.63, 3.8) is 0 Å².